The zero-order valence-electron chi connectivity index (χ0n) is 15.6. The quantitative estimate of drug-likeness (QED) is 0.789. The Balaban J connectivity index is 1.70. The van der Waals surface area contributed by atoms with Crippen LogP contribution in [0, 0.1) is 5.92 Å². The summed E-state index contributed by atoms with van der Waals surface area (Å²) in [4.78, 5) is 27.7. The highest BCUT2D eigenvalue weighted by molar-refractivity contribution is 6.04. The van der Waals surface area contributed by atoms with Crippen molar-refractivity contribution in [3.63, 3.8) is 0 Å². The van der Waals surface area contributed by atoms with Gasteiger partial charge in [-0.15, -0.1) is 0 Å². The van der Waals surface area contributed by atoms with Gasteiger partial charge in [0, 0.05) is 24.1 Å². The van der Waals surface area contributed by atoms with E-state index in [0.717, 1.165) is 16.3 Å². The predicted octanol–water partition coefficient (Wildman–Crippen LogP) is 2.33. The van der Waals surface area contributed by atoms with Crippen LogP contribution in [-0.4, -0.2) is 41.8 Å². The van der Waals surface area contributed by atoms with Gasteiger partial charge in [0.2, 0.25) is 12.1 Å². The van der Waals surface area contributed by atoms with Gasteiger partial charge < -0.3 is 19.9 Å². The van der Waals surface area contributed by atoms with Crippen LogP contribution in [0.5, 0.6) is 11.6 Å². The predicted molar refractivity (Wildman–Crippen MR) is 98.1 cm³/mol. The van der Waals surface area contributed by atoms with E-state index in [4.69, 9.17) is 19.9 Å². The number of nitrogens with zero attached hydrogens (tertiary/aromatic N) is 1. The molecule has 7 nitrogen and oxygen atoms in total. The Morgan fingerprint density at radius 2 is 2.21 bits per heavy atom. The summed E-state index contributed by atoms with van der Waals surface area (Å²) in [5.41, 5.74) is 6.64. The highest BCUT2D eigenvalue weighted by Crippen LogP contribution is 2.41. The average Bonchev–Trinajstić information content (AvgIpc) is 3.18. The maximum Gasteiger partial charge on any atom is 0.341 e. The standard InChI is InChI=1S/C20H21FN2O5/c1-3-11-14(28-20(25)16(11)21)8-26-19-15-10(4-5-23-19)7-13(18(22)24)17-12(15)6-9(2)27-17/h4-5,7,9,11,14,16H,3,6,8H2,1-2H3,(H2,22,24)/t9?,11-,14+,16-/m0/s1. The molecule has 1 aromatic carbocycles. The van der Waals surface area contributed by atoms with Crippen LogP contribution in [0.2, 0.25) is 0 Å². The van der Waals surface area contributed by atoms with E-state index in [9.17, 15) is 14.0 Å². The van der Waals surface area contributed by atoms with Crippen molar-refractivity contribution in [3.8, 4) is 11.6 Å². The zero-order chi connectivity index (χ0) is 20.0. The maximum absolute atomic E-state index is 13.9. The van der Waals surface area contributed by atoms with Gasteiger partial charge in [-0.05, 0) is 30.9 Å². The van der Waals surface area contributed by atoms with E-state index in [1.807, 2.05) is 6.92 Å². The average molecular weight is 388 g/mol. The summed E-state index contributed by atoms with van der Waals surface area (Å²) in [5, 5.41) is 1.47. The molecule has 1 fully saturated rings. The molecule has 2 aliphatic heterocycles. The number of primary amides is 1. The van der Waals surface area contributed by atoms with Crippen LogP contribution in [0.4, 0.5) is 4.39 Å². The molecule has 3 heterocycles. The smallest absolute Gasteiger partial charge is 0.341 e. The van der Waals surface area contributed by atoms with Crippen molar-refractivity contribution >= 4 is 22.6 Å². The van der Waals surface area contributed by atoms with E-state index in [-0.39, 0.29) is 12.7 Å². The molecule has 2 aromatic rings. The molecule has 8 heteroatoms. The van der Waals surface area contributed by atoms with E-state index < -0.39 is 30.1 Å². The number of pyridine rings is 1. The van der Waals surface area contributed by atoms with Crippen LogP contribution >= 0.6 is 0 Å². The minimum atomic E-state index is -1.63. The van der Waals surface area contributed by atoms with Crippen LogP contribution in [0.15, 0.2) is 18.3 Å². The number of benzene rings is 1. The Morgan fingerprint density at radius 1 is 1.43 bits per heavy atom. The number of hydrogen-bond acceptors (Lipinski definition) is 6. The van der Waals surface area contributed by atoms with Gasteiger partial charge in [-0.25, -0.2) is 14.2 Å². The van der Waals surface area contributed by atoms with Crippen LogP contribution < -0.4 is 15.2 Å². The van der Waals surface area contributed by atoms with Crippen molar-refractivity contribution in [2.45, 2.75) is 45.1 Å². The summed E-state index contributed by atoms with van der Waals surface area (Å²) in [6.45, 7) is 3.71. The largest absolute Gasteiger partial charge is 0.489 e. The van der Waals surface area contributed by atoms with E-state index >= 15 is 0 Å². The SMILES string of the molecule is CC[C@@H]1[C@H](F)C(=O)O[C@@H]1COc1nccc2cc(C(N)=O)c3c(c12)CC(C)O3. The second kappa shape index (κ2) is 6.92. The first-order chi connectivity index (χ1) is 13.4. The molecular weight excluding hydrogens is 367 g/mol. The van der Waals surface area contributed by atoms with Gasteiger partial charge in [0.25, 0.3) is 5.91 Å². The Labute approximate surface area is 161 Å². The number of halogens is 1. The Bertz CT molecular complexity index is 963. The molecule has 1 saturated heterocycles. The molecule has 148 valence electrons. The highest BCUT2D eigenvalue weighted by atomic mass is 19.1. The van der Waals surface area contributed by atoms with E-state index in [1.54, 1.807) is 25.3 Å². The monoisotopic (exact) mass is 388 g/mol. The number of amides is 1. The first-order valence-electron chi connectivity index (χ1n) is 9.29. The van der Waals surface area contributed by atoms with Crippen LogP contribution in [0.1, 0.15) is 36.2 Å². The van der Waals surface area contributed by atoms with Gasteiger partial charge in [-0.1, -0.05) is 6.92 Å². The van der Waals surface area contributed by atoms with E-state index in [1.165, 1.54) is 0 Å². The van der Waals surface area contributed by atoms with Gasteiger partial charge >= 0.3 is 5.97 Å². The minimum Gasteiger partial charge on any atom is -0.489 e. The molecule has 1 amide bonds. The Morgan fingerprint density at radius 3 is 2.93 bits per heavy atom. The number of alkyl halides is 1. The molecule has 2 N–H and O–H groups in total. The fraction of sp³-hybridized carbons (Fsp3) is 0.450. The van der Waals surface area contributed by atoms with Crippen molar-refractivity contribution in [2.75, 3.05) is 6.61 Å². The number of aromatic nitrogens is 1. The molecule has 1 unspecified atom stereocenters. The Hall–Kier alpha value is -2.90. The number of cyclic esters (lactones) is 1. The van der Waals surface area contributed by atoms with Crippen molar-refractivity contribution in [1.82, 2.24) is 4.98 Å². The topological polar surface area (TPSA) is 101 Å². The van der Waals surface area contributed by atoms with Gasteiger partial charge in [0.1, 0.15) is 24.6 Å². The molecule has 0 aliphatic carbocycles. The molecular formula is C20H21FN2O5. The molecule has 2 aliphatic rings. The number of rotatable bonds is 5. The molecule has 0 saturated carbocycles. The molecule has 1 aromatic heterocycles. The normalized spacial score (nSPS) is 26.0. The summed E-state index contributed by atoms with van der Waals surface area (Å²) in [6.07, 6.45) is 0.196. The third-order valence-electron chi connectivity index (χ3n) is 5.35. The summed E-state index contributed by atoms with van der Waals surface area (Å²) in [7, 11) is 0. The Kier molecular flexibility index (Phi) is 4.56. The van der Waals surface area contributed by atoms with Crippen molar-refractivity contribution < 1.29 is 28.2 Å². The number of fused-ring (bicyclic) bond motifs is 3. The summed E-state index contributed by atoms with van der Waals surface area (Å²) >= 11 is 0. The van der Waals surface area contributed by atoms with E-state index in [2.05, 4.69) is 4.98 Å². The summed E-state index contributed by atoms with van der Waals surface area (Å²) in [5.74, 6) is -1.17. The zero-order valence-corrected chi connectivity index (χ0v) is 15.6. The lowest BCUT2D eigenvalue weighted by atomic mass is 9.97. The highest BCUT2D eigenvalue weighted by Gasteiger charge is 2.44. The lowest BCUT2D eigenvalue weighted by Crippen LogP contribution is -2.27. The second-order valence-corrected chi connectivity index (χ2v) is 7.20. The van der Waals surface area contributed by atoms with Gasteiger partial charge in [-0.2, -0.15) is 0 Å². The summed E-state index contributed by atoms with van der Waals surface area (Å²) < 4.78 is 30.7. The van der Waals surface area contributed by atoms with Crippen LogP contribution in [0.3, 0.4) is 0 Å². The van der Waals surface area contributed by atoms with Crippen LogP contribution in [0.25, 0.3) is 10.8 Å². The van der Waals surface area contributed by atoms with Gasteiger partial charge in [0.05, 0.1) is 10.9 Å². The molecule has 0 spiro atoms. The third kappa shape index (κ3) is 2.93. The fourth-order valence-corrected chi connectivity index (χ4v) is 3.98. The number of carbonyl (C=O) groups is 2. The van der Waals surface area contributed by atoms with Crippen molar-refractivity contribution in [1.29, 1.82) is 0 Å². The third-order valence-corrected chi connectivity index (χ3v) is 5.35. The van der Waals surface area contributed by atoms with Crippen molar-refractivity contribution in [2.24, 2.45) is 11.7 Å². The fourth-order valence-electron chi connectivity index (χ4n) is 3.98. The number of ether oxygens (including phenoxy) is 3. The summed E-state index contributed by atoms with van der Waals surface area (Å²) in [6, 6.07) is 3.42. The van der Waals surface area contributed by atoms with E-state index in [0.29, 0.717) is 30.0 Å². The molecule has 4 atom stereocenters. The molecule has 0 radical (unpaired) electrons. The first kappa shape index (κ1) is 18.5. The first-order valence-corrected chi connectivity index (χ1v) is 9.29. The maximum atomic E-state index is 13.9. The van der Waals surface area contributed by atoms with Crippen LogP contribution in [-0.2, 0) is 16.0 Å². The van der Waals surface area contributed by atoms with Crippen molar-refractivity contribution in [3.05, 3.63) is 29.5 Å². The molecule has 0 bridgehead atoms. The second-order valence-electron chi connectivity index (χ2n) is 7.20. The lowest BCUT2D eigenvalue weighted by molar-refractivity contribution is -0.145. The minimum absolute atomic E-state index is 0.000461. The molecule has 28 heavy (non-hydrogen) atoms. The number of esters is 1. The number of nitrogens with two attached hydrogens (primary N) is 1. The number of hydrogen-bond donors (Lipinski definition) is 1. The molecule has 4 rings (SSSR count). The van der Waals surface area contributed by atoms with Gasteiger partial charge in [-0.3, -0.25) is 4.79 Å². The van der Waals surface area contributed by atoms with Gasteiger partial charge in [0.15, 0.2) is 0 Å². The lowest BCUT2D eigenvalue weighted by Gasteiger charge is -2.18. The number of carbonyl (C=O) groups excluding carboxylic acids is 2.